The number of urea groups is 1. The average Bonchev–Trinajstić information content (AvgIpc) is 1.27. The highest BCUT2D eigenvalue weighted by molar-refractivity contribution is 6.55. The molecule has 0 saturated carbocycles. The monoisotopic (exact) mass is 118 g/mol. The molecule has 3 N–H and O–H groups in total. The molecule has 7 heavy (non-hydrogen) atoms. The van der Waals surface area contributed by atoms with Crippen LogP contribution in [0.15, 0.2) is 0 Å². The first-order chi connectivity index (χ1) is 3.13. The van der Waals surface area contributed by atoms with Crippen LogP contribution in [-0.4, -0.2) is 15.0 Å². The Labute approximate surface area is 44.6 Å². The first-order valence-corrected chi connectivity index (χ1v) is 5.07. The molecule has 0 aliphatic heterocycles. The number of amides is 2. The van der Waals surface area contributed by atoms with Crippen molar-refractivity contribution in [1.82, 2.24) is 4.98 Å². The van der Waals surface area contributed by atoms with Crippen LogP contribution in [0.4, 0.5) is 4.79 Å². The van der Waals surface area contributed by atoms with Crippen LogP contribution in [-0.2, 0) is 0 Å². The lowest BCUT2D eigenvalue weighted by atomic mass is 11.2. The molecule has 0 aliphatic rings. The molecule has 0 aromatic rings. The van der Waals surface area contributed by atoms with E-state index in [1.807, 2.05) is 13.1 Å². The highest BCUT2D eigenvalue weighted by atomic mass is 28.3. The smallest absolute Gasteiger partial charge is 0.304 e. The zero-order chi connectivity index (χ0) is 5.86. The van der Waals surface area contributed by atoms with Gasteiger partial charge in [-0.3, -0.25) is 4.79 Å². The van der Waals surface area contributed by atoms with E-state index in [1.54, 1.807) is 0 Å². The molecule has 0 radical (unpaired) electrons. The Kier molecular flexibility index (Phi) is 2.43. The minimum atomic E-state index is -0.953. The molecule has 42 valence electrons. The molecule has 2 amide bonds. The van der Waals surface area contributed by atoms with Crippen LogP contribution in [0.1, 0.15) is 0 Å². The summed E-state index contributed by atoms with van der Waals surface area (Å²) >= 11 is 0. The Bertz CT molecular complexity index is 73.3. The number of nitrogens with two attached hydrogens (primary N) is 1. The van der Waals surface area contributed by atoms with Crippen LogP contribution in [0.5, 0.6) is 0 Å². The van der Waals surface area contributed by atoms with E-state index in [0.717, 1.165) is 0 Å². The van der Waals surface area contributed by atoms with Crippen molar-refractivity contribution < 1.29 is 4.79 Å². The minimum absolute atomic E-state index is 0.401. The summed E-state index contributed by atoms with van der Waals surface area (Å²) in [5, 5.41) is 0. The van der Waals surface area contributed by atoms with Gasteiger partial charge in [-0.1, -0.05) is 13.1 Å². The number of hydrogen-bond acceptors (Lipinski definition) is 1. The summed E-state index contributed by atoms with van der Waals surface area (Å²) in [6, 6.07) is -0.401. The summed E-state index contributed by atoms with van der Waals surface area (Å²) in [6.45, 7) is 3.98. The van der Waals surface area contributed by atoms with Gasteiger partial charge in [-0.2, -0.15) is 0 Å². The van der Waals surface area contributed by atoms with Gasteiger partial charge in [0, 0.05) is 0 Å². The van der Waals surface area contributed by atoms with Crippen molar-refractivity contribution in [2.75, 3.05) is 0 Å². The standard InChI is InChI=1S/C3H10N2OSi/c1-7(2)5-3(4)6/h7H,1-2H3,(H3,4,5,6). The number of primary amides is 1. The molecule has 0 aromatic carbocycles. The Morgan fingerprint density at radius 1 is 1.71 bits per heavy atom. The number of hydrogen-bond donors (Lipinski definition) is 2. The second kappa shape index (κ2) is 2.63. The molecular formula is C3H10N2OSi. The molecule has 0 saturated heterocycles. The second-order valence-electron chi connectivity index (χ2n) is 1.66. The van der Waals surface area contributed by atoms with Crippen LogP contribution in [0.3, 0.4) is 0 Å². The van der Waals surface area contributed by atoms with E-state index in [4.69, 9.17) is 5.73 Å². The summed E-state index contributed by atoms with van der Waals surface area (Å²) in [6.07, 6.45) is 0. The predicted octanol–water partition coefficient (Wildman–Crippen LogP) is -0.362. The van der Waals surface area contributed by atoms with E-state index < -0.39 is 15.0 Å². The van der Waals surface area contributed by atoms with E-state index in [0.29, 0.717) is 0 Å². The topological polar surface area (TPSA) is 55.1 Å². The highest BCUT2D eigenvalue weighted by Gasteiger charge is 1.94. The maximum absolute atomic E-state index is 9.96. The lowest BCUT2D eigenvalue weighted by molar-refractivity contribution is 0.253. The van der Waals surface area contributed by atoms with Gasteiger partial charge in [0.2, 0.25) is 0 Å². The average molecular weight is 118 g/mol. The van der Waals surface area contributed by atoms with E-state index in [1.165, 1.54) is 0 Å². The number of rotatable bonds is 1. The molecule has 4 heteroatoms. The van der Waals surface area contributed by atoms with Crippen LogP contribution in [0.25, 0.3) is 0 Å². The van der Waals surface area contributed by atoms with E-state index >= 15 is 0 Å². The molecule has 0 spiro atoms. The second-order valence-corrected chi connectivity index (χ2v) is 4.26. The van der Waals surface area contributed by atoms with Gasteiger partial charge >= 0.3 is 6.03 Å². The molecule has 0 rings (SSSR count). The SMILES string of the molecule is C[SiH](C)NC(N)=O. The van der Waals surface area contributed by atoms with Crippen LogP contribution in [0, 0.1) is 0 Å². The lowest BCUT2D eigenvalue weighted by Crippen LogP contribution is -2.37. The van der Waals surface area contributed by atoms with Gasteiger partial charge in [0.1, 0.15) is 8.96 Å². The van der Waals surface area contributed by atoms with Gasteiger partial charge < -0.3 is 10.7 Å². The quantitative estimate of drug-likeness (QED) is 0.454. The molecule has 0 fully saturated rings. The Balaban J connectivity index is 3.13. The Hall–Kier alpha value is -0.513. The fourth-order valence-electron chi connectivity index (χ4n) is 0.285. The Morgan fingerprint density at radius 3 is 2.14 bits per heavy atom. The third-order valence-electron chi connectivity index (χ3n) is 0.431. The van der Waals surface area contributed by atoms with Crippen molar-refractivity contribution in [3.05, 3.63) is 0 Å². The molecule has 0 unspecified atom stereocenters. The third-order valence-corrected chi connectivity index (χ3v) is 1.29. The van der Waals surface area contributed by atoms with Gasteiger partial charge in [-0.25, -0.2) is 0 Å². The summed E-state index contributed by atoms with van der Waals surface area (Å²) in [5.41, 5.74) is 4.78. The summed E-state index contributed by atoms with van der Waals surface area (Å²) < 4.78 is 0. The molecule has 0 atom stereocenters. The number of carbonyl (C=O) groups is 1. The highest BCUT2D eigenvalue weighted by Crippen LogP contribution is 1.67. The number of carbonyl (C=O) groups excluding carboxylic acids is 1. The third kappa shape index (κ3) is 5.49. The molecular weight excluding hydrogens is 108 g/mol. The zero-order valence-corrected chi connectivity index (χ0v) is 5.72. The van der Waals surface area contributed by atoms with E-state index in [9.17, 15) is 4.79 Å². The Morgan fingerprint density at radius 2 is 2.14 bits per heavy atom. The van der Waals surface area contributed by atoms with Gasteiger partial charge in [0.25, 0.3) is 0 Å². The van der Waals surface area contributed by atoms with Crippen molar-refractivity contribution in [3.63, 3.8) is 0 Å². The van der Waals surface area contributed by atoms with Crippen molar-refractivity contribution in [2.45, 2.75) is 13.1 Å². The molecule has 0 heterocycles. The van der Waals surface area contributed by atoms with Crippen molar-refractivity contribution in [3.8, 4) is 0 Å². The first-order valence-electron chi connectivity index (χ1n) is 2.19. The summed E-state index contributed by atoms with van der Waals surface area (Å²) in [5.74, 6) is 0. The zero-order valence-electron chi connectivity index (χ0n) is 4.56. The van der Waals surface area contributed by atoms with Crippen LogP contribution < -0.4 is 10.7 Å². The first kappa shape index (κ1) is 6.49. The fraction of sp³-hybridized carbons (Fsp3) is 0.667. The predicted molar refractivity (Wildman–Crippen MR) is 31.6 cm³/mol. The van der Waals surface area contributed by atoms with Gasteiger partial charge in [0.05, 0.1) is 0 Å². The summed E-state index contributed by atoms with van der Waals surface area (Å²) in [7, 11) is -0.953. The lowest BCUT2D eigenvalue weighted by Gasteiger charge is -1.99. The van der Waals surface area contributed by atoms with E-state index in [-0.39, 0.29) is 0 Å². The van der Waals surface area contributed by atoms with Crippen molar-refractivity contribution in [2.24, 2.45) is 5.73 Å². The largest absolute Gasteiger partial charge is 0.368 e. The fourth-order valence-corrected chi connectivity index (χ4v) is 0.854. The van der Waals surface area contributed by atoms with Gasteiger partial charge in [-0.05, 0) is 0 Å². The summed E-state index contributed by atoms with van der Waals surface area (Å²) in [4.78, 5) is 12.5. The van der Waals surface area contributed by atoms with Crippen molar-refractivity contribution >= 4 is 15.0 Å². The van der Waals surface area contributed by atoms with Crippen molar-refractivity contribution in [1.29, 1.82) is 0 Å². The van der Waals surface area contributed by atoms with E-state index in [2.05, 4.69) is 4.98 Å². The molecule has 0 aliphatic carbocycles. The van der Waals surface area contributed by atoms with Gasteiger partial charge in [-0.15, -0.1) is 0 Å². The van der Waals surface area contributed by atoms with Gasteiger partial charge in [0.15, 0.2) is 0 Å². The number of nitrogens with one attached hydrogen (secondary N) is 1. The van der Waals surface area contributed by atoms with Crippen LogP contribution >= 0.6 is 0 Å². The normalized spacial score (nSPS) is 9.00. The maximum atomic E-state index is 9.96. The molecule has 0 bridgehead atoms. The van der Waals surface area contributed by atoms with Crippen LogP contribution in [0.2, 0.25) is 13.1 Å². The molecule has 3 nitrogen and oxygen atoms in total. The minimum Gasteiger partial charge on any atom is -0.368 e. The molecule has 0 aromatic heterocycles. The maximum Gasteiger partial charge on any atom is 0.304 e.